The van der Waals surface area contributed by atoms with Crippen molar-refractivity contribution in [1.82, 2.24) is 10.3 Å². The lowest BCUT2D eigenvalue weighted by molar-refractivity contribution is -0.120. The van der Waals surface area contributed by atoms with Crippen molar-refractivity contribution in [3.05, 3.63) is 40.2 Å². The van der Waals surface area contributed by atoms with E-state index in [-0.39, 0.29) is 5.91 Å². The molecular weight excluding hydrogens is 300 g/mol. The van der Waals surface area contributed by atoms with Crippen LogP contribution in [-0.4, -0.2) is 24.0 Å². The molecule has 0 bridgehead atoms. The van der Waals surface area contributed by atoms with E-state index < -0.39 is 0 Å². The minimum Gasteiger partial charge on any atom is -0.467 e. The van der Waals surface area contributed by atoms with Crippen LogP contribution in [0.1, 0.15) is 42.6 Å². The Balaban J connectivity index is 1.55. The lowest BCUT2D eigenvalue weighted by Gasteiger charge is -2.05. The van der Waals surface area contributed by atoms with Crippen molar-refractivity contribution in [2.75, 3.05) is 13.2 Å². The van der Waals surface area contributed by atoms with Crippen LogP contribution in [0.15, 0.2) is 28.2 Å². The highest BCUT2D eigenvalue weighted by Gasteiger charge is 2.09. The first-order chi connectivity index (χ1) is 10.6. The van der Waals surface area contributed by atoms with Crippen LogP contribution in [0.4, 0.5) is 0 Å². The summed E-state index contributed by atoms with van der Waals surface area (Å²) < 4.78 is 10.6. The second-order valence-electron chi connectivity index (χ2n) is 5.34. The van der Waals surface area contributed by atoms with Gasteiger partial charge in [-0.15, -0.1) is 11.3 Å². The minimum absolute atomic E-state index is 0.00615. The quantitative estimate of drug-likeness (QED) is 0.720. The molecule has 0 aliphatic carbocycles. The van der Waals surface area contributed by atoms with Gasteiger partial charge in [0.2, 0.25) is 5.91 Å². The molecule has 0 radical (unpaired) electrons. The van der Waals surface area contributed by atoms with Crippen molar-refractivity contribution in [2.45, 2.75) is 39.2 Å². The van der Waals surface area contributed by atoms with E-state index >= 15 is 0 Å². The normalized spacial score (nSPS) is 11.0. The lowest BCUT2D eigenvalue weighted by Crippen LogP contribution is -2.27. The molecule has 120 valence electrons. The Hall–Kier alpha value is -1.66. The van der Waals surface area contributed by atoms with E-state index in [4.69, 9.17) is 9.15 Å². The molecule has 0 aliphatic heterocycles. The van der Waals surface area contributed by atoms with Gasteiger partial charge in [0.25, 0.3) is 0 Å². The fourth-order valence-electron chi connectivity index (χ4n) is 1.87. The average Bonchev–Trinajstić information content (AvgIpc) is 3.14. The number of amides is 1. The Kier molecular flexibility index (Phi) is 6.61. The molecule has 0 saturated heterocycles. The van der Waals surface area contributed by atoms with Crippen LogP contribution in [0, 0.1) is 0 Å². The summed E-state index contributed by atoms with van der Waals surface area (Å²) in [5.74, 6) is 1.23. The lowest BCUT2D eigenvalue weighted by atomic mass is 10.2. The van der Waals surface area contributed by atoms with Crippen molar-refractivity contribution in [3.63, 3.8) is 0 Å². The van der Waals surface area contributed by atoms with E-state index in [0.29, 0.717) is 32.1 Å². The first kappa shape index (κ1) is 16.7. The summed E-state index contributed by atoms with van der Waals surface area (Å²) in [4.78, 5) is 16.3. The zero-order valence-electron chi connectivity index (χ0n) is 13.0. The molecule has 1 amide bonds. The molecule has 22 heavy (non-hydrogen) atoms. The van der Waals surface area contributed by atoms with Crippen molar-refractivity contribution in [2.24, 2.45) is 0 Å². The van der Waals surface area contributed by atoms with Crippen LogP contribution in [0.3, 0.4) is 0 Å². The first-order valence-corrected chi connectivity index (χ1v) is 8.34. The number of furan rings is 1. The van der Waals surface area contributed by atoms with Crippen molar-refractivity contribution >= 4 is 17.2 Å². The highest BCUT2D eigenvalue weighted by molar-refractivity contribution is 7.09. The third kappa shape index (κ3) is 5.61. The van der Waals surface area contributed by atoms with Gasteiger partial charge in [-0.1, -0.05) is 13.8 Å². The summed E-state index contributed by atoms with van der Waals surface area (Å²) >= 11 is 1.61. The molecule has 0 spiro atoms. The Morgan fingerprint density at radius 3 is 3.05 bits per heavy atom. The Morgan fingerprint density at radius 2 is 2.36 bits per heavy atom. The molecule has 2 rings (SSSR count). The molecule has 1 N–H and O–H groups in total. The first-order valence-electron chi connectivity index (χ1n) is 7.46. The summed E-state index contributed by atoms with van der Waals surface area (Å²) in [6.07, 6.45) is 2.75. The van der Waals surface area contributed by atoms with E-state index in [0.717, 1.165) is 22.9 Å². The van der Waals surface area contributed by atoms with E-state index in [1.165, 1.54) is 0 Å². The van der Waals surface area contributed by atoms with Gasteiger partial charge in [-0.3, -0.25) is 4.79 Å². The SMILES string of the molecule is CC(C)c1nc(CC(=O)NCCCOCc2ccco2)cs1. The van der Waals surface area contributed by atoms with E-state index in [2.05, 4.69) is 24.1 Å². The molecule has 2 aromatic rings. The maximum atomic E-state index is 11.8. The fourth-order valence-corrected chi connectivity index (χ4v) is 2.70. The number of thiazole rings is 1. The van der Waals surface area contributed by atoms with Gasteiger partial charge in [-0.25, -0.2) is 4.98 Å². The van der Waals surface area contributed by atoms with E-state index in [1.54, 1.807) is 17.6 Å². The van der Waals surface area contributed by atoms with Gasteiger partial charge in [0.05, 0.1) is 23.4 Å². The minimum atomic E-state index is 0.00615. The van der Waals surface area contributed by atoms with Gasteiger partial charge >= 0.3 is 0 Å². The number of nitrogens with one attached hydrogen (secondary N) is 1. The Labute approximate surface area is 134 Å². The van der Waals surface area contributed by atoms with Crippen LogP contribution in [0.2, 0.25) is 0 Å². The van der Waals surface area contributed by atoms with Crippen molar-refractivity contribution in [3.8, 4) is 0 Å². The molecule has 0 unspecified atom stereocenters. The van der Waals surface area contributed by atoms with Gasteiger partial charge in [-0.05, 0) is 18.6 Å². The number of hydrogen-bond donors (Lipinski definition) is 1. The number of nitrogens with zero attached hydrogens (tertiary/aromatic N) is 1. The molecule has 6 heteroatoms. The summed E-state index contributed by atoms with van der Waals surface area (Å²) in [6, 6.07) is 3.71. The Bertz CT molecular complexity index is 564. The van der Waals surface area contributed by atoms with E-state index in [9.17, 15) is 4.79 Å². The summed E-state index contributed by atoms with van der Waals surface area (Å²) in [7, 11) is 0. The standard InChI is InChI=1S/C16H22N2O3S/c1-12(2)16-18-13(11-22-16)9-15(19)17-6-4-7-20-10-14-5-3-8-21-14/h3,5,8,11-12H,4,6-7,9-10H2,1-2H3,(H,17,19). The maximum Gasteiger partial charge on any atom is 0.226 e. The zero-order valence-corrected chi connectivity index (χ0v) is 13.8. The van der Waals surface area contributed by atoms with Crippen molar-refractivity contribution in [1.29, 1.82) is 0 Å². The highest BCUT2D eigenvalue weighted by Crippen LogP contribution is 2.19. The second kappa shape index (κ2) is 8.70. The molecular formula is C16H22N2O3S. The zero-order chi connectivity index (χ0) is 15.8. The fraction of sp³-hybridized carbons (Fsp3) is 0.500. The predicted octanol–water partition coefficient (Wildman–Crippen LogP) is 3.13. The maximum absolute atomic E-state index is 11.8. The summed E-state index contributed by atoms with van der Waals surface area (Å²) in [5, 5.41) is 5.92. The van der Waals surface area contributed by atoms with Crippen molar-refractivity contribution < 1.29 is 13.9 Å². The Morgan fingerprint density at radius 1 is 1.50 bits per heavy atom. The molecule has 0 atom stereocenters. The average molecular weight is 322 g/mol. The topological polar surface area (TPSA) is 64.4 Å². The smallest absolute Gasteiger partial charge is 0.226 e. The summed E-state index contributed by atoms with van der Waals surface area (Å²) in [5.41, 5.74) is 0.847. The van der Waals surface area contributed by atoms with Gasteiger partial charge in [0, 0.05) is 24.4 Å². The second-order valence-corrected chi connectivity index (χ2v) is 6.23. The van der Waals surface area contributed by atoms with Crippen LogP contribution in [-0.2, 0) is 22.6 Å². The van der Waals surface area contributed by atoms with Crippen LogP contribution >= 0.6 is 11.3 Å². The van der Waals surface area contributed by atoms with Gasteiger partial charge in [0.15, 0.2) is 0 Å². The number of carbonyl (C=O) groups is 1. The van der Waals surface area contributed by atoms with Gasteiger partial charge < -0.3 is 14.5 Å². The molecule has 2 heterocycles. The molecule has 5 nitrogen and oxygen atoms in total. The number of carbonyl (C=O) groups excluding carboxylic acids is 1. The highest BCUT2D eigenvalue weighted by atomic mass is 32.1. The predicted molar refractivity (Wildman–Crippen MR) is 85.9 cm³/mol. The molecule has 0 saturated carbocycles. The summed E-state index contributed by atoms with van der Waals surface area (Å²) in [6.45, 7) is 5.88. The largest absolute Gasteiger partial charge is 0.467 e. The molecule has 0 fully saturated rings. The molecule has 2 aromatic heterocycles. The number of rotatable bonds is 9. The number of ether oxygens (including phenoxy) is 1. The van der Waals surface area contributed by atoms with Crippen LogP contribution in [0.5, 0.6) is 0 Å². The van der Waals surface area contributed by atoms with Gasteiger partial charge in [0.1, 0.15) is 12.4 Å². The third-order valence-corrected chi connectivity index (χ3v) is 4.21. The van der Waals surface area contributed by atoms with Crippen LogP contribution in [0.25, 0.3) is 0 Å². The monoisotopic (exact) mass is 322 g/mol. The number of aromatic nitrogens is 1. The molecule has 0 aliphatic rings. The molecule has 0 aromatic carbocycles. The van der Waals surface area contributed by atoms with Crippen LogP contribution < -0.4 is 5.32 Å². The number of hydrogen-bond acceptors (Lipinski definition) is 5. The van der Waals surface area contributed by atoms with Gasteiger partial charge in [-0.2, -0.15) is 0 Å². The van der Waals surface area contributed by atoms with E-state index in [1.807, 2.05) is 17.5 Å². The third-order valence-electron chi connectivity index (χ3n) is 3.02.